The van der Waals surface area contributed by atoms with Gasteiger partial charge in [-0.15, -0.1) is 0 Å². The molecule has 0 radical (unpaired) electrons. The molecule has 1 aliphatic rings. The zero-order valence-electron chi connectivity index (χ0n) is 14.5. The van der Waals surface area contributed by atoms with Crippen LogP contribution in [0.2, 0.25) is 0 Å². The third-order valence-electron chi connectivity index (χ3n) is 3.96. The van der Waals surface area contributed by atoms with Crippen molar-refractivity contribution < 1.29 is 9.53 Å². The van der Waals surface area contributed by atoms with Gasteiger partial charge in [0.2, 0.25) is 5.91 Å². The molecule has 1 heterocycles. The molecule has 0 aliphatic carbocycles. The van der Waals surface area contributed by atoms with Crippen molar-refractivity contribution >= 4 is 11.9 Å². The van der Waals surface area contributed by atoms with Crippen LogP contribution in [0.1, 0.15) is 25.7 Å². The summed E-state index contributed by atoms with van der Waals surface area (Å²) < 4.78 is 5.64. The molecule has 132 valence electrons. The molecule has 1 fully saturated rings. The van der Waals surface area contributed by atoms with E-state index in [2.05, 4.69) is 15.6 Å². The fraction of sp³-hybridized carbons (Fsp3) is 0.556. The number of hydrogen-bond acceptors (Lipinski definition) is 3. The molecule has 2 N–H and O–H groups in total. The highest BCUT2D eigenvalue weighted by Crippen LogP contribution is 2.08. The molecule has 1 aliphatic heterocycles. The molecule has 6 heteroatoms. The molecule has 0 bridgehead atoms. The van der Waals surface area contributed by atoms with Crippen molar-refractivity contribution in [2.24, 2.45) is 4.99 Å². The van der Waals surface area contributed by atoms with Crippen LogP contribution in [0.5, 0.6) is 5.75 Å². The highest BCUT2D eigenvalue weighted by molar-refractivity contribution is 5.86. The average Bonchev–Trinajstić information content (AvgIpc) is 2.65. The van der Waals surface area contributed by atoms with Crippen molar-refractivity contribution in [3.05, 3.63) is 30.3 Å². The molecule has 1 amide bonds. The van der Waals surface area contributed by atoms with E-state index < -0.39 is 0 Å². The number of guanidine groups is 1. The van der Waals surface area contributed by atoms with E-state index in [1.54, 1.807) is 7.05 Å². The number of likely N-dealkylation sites (tertiary alicyclic amines) is 1. The lowest BCUT2D eigenvalue weighted by molar-refractivity contribution is -0.130. The lowest BCUT2D eigenvalue weighted by Gasteiger charge is -2.27. The van der Waals surface area contributed by atoms with Crippen LogP contribution < -0.4 is 15.4 Å². The molecule has 6 nitrogen and oxygen atoms in total. The second-order valence-electron chi connectivity index (χ2n) is 5.81. The second kappa shape index (κ2) is 10.5. The maximum absolute atomic E-state index is 12.1. The van der Waals surface area contributed by atoms with Crippen molar-refractivity contribution in [1.82, 2.24) is 15.5 Å². The first kappa shape index (κ1) is 18.1. The van der Waals surface area contributed by atoms with Gasteiger partial charge in [0.05, 0.1) is 13.2 Å². The predicted molar refractivity (Wildman–Crippen MR) is 96.3 cm³/mol. The monoisotopic (exact) mass is 332 g/mol. The number of carbonyl (C=O) groups is 1. The minimum Gasteiger partial charge on any atom is -0.494 e. The normalized spacial score (nSPS) is 15.0. The van der Waals surface area contributed by atoms with E-state index in [1.165, 1.54) is 6.42 Å². The SMILES string of the molecule is CN=C(NCCCOc1ccccc1)NCC(=O)N1CCCCC1. The van der Waals surface area contributed by atoms with Gasteiger partial charge in [0.1, 0.15) is 5.75 Å². The van der Waals surface area contributed by atoms with Gasteiger partial charge in [-0.05, 0) is 37.8 Å². The van der Waals surface area contributed by atoms with Crippen molar-refractivity contribution in [2.75, 3.05) is 39.8 Å². The molecule has 2 rings (SSSR count). The molecular weight excluding hydrogens is 304 g/mol. The van der Waals surface area contributed by atoms with E-state index in [4.69, 9.17) is 4.74 Å². The average molecular weight is 332 g/mol. The molecule has 0 spiro atoms. The Morgan fingerprint density at radius 3 is 2.62 bits per heavy atom. The maximum atomic E-state index is 12.1. The lowest BCUT2D eigenvalue weighted by atomic mass is 10.1. The standard InChI is InChI=1S/C18H28N4O2/c1-19-18(21-15-17(23)22-12-6-3-7-13-22)20-11-8-14-24-16-9-4-2-5-10-16/h2,4-5,9-10H,3,6-8,11-15H2,1H3,(H2,19,20,21). The summed E-state index contributed by atoms with van der Waals surface area (Å²) in [4.78, 5) is 18.2. The van der Waals surface area contributed by atoms with E-state index in [1.807, 2.05) is 35.2 Å². The van der Waals surface area contributed by atoms with Crippen molar-refractivity contribution in [3.8, 4) is 5.75 Å². The third kappa shape index (κ3) is 6.48. The van der Waals surface area contributed by atoms with Crippen LogP contribution in [-0.4, -0.2) is 56.6 Å². The first-order valence-corrected chi connectivity index (χ1v) is 8.70. The summed E-state index contributed by atoms with van der Waals surface area (Å²) in [6.45, 7) is 3.43. The van der Waals surface area contributed by atoms with Crippen LogP contribution in [0.15, 0.2) is 35.3 Å². The molecule has 1 aromatic rings. The zero-order chi connectivity index (χ0) is 17.0. The Kier molecular flexibility index (Phi) is 7.93. The molecular formula is C18H28N4O2. The molecule has 0 atom stereocenters. The fourth-order valence-electron chi connectivity index (χ4n) is 2.62. The Labute approximate surface area is 144 Å². The van der Waals surface area contributed by atoms with Crippen molar-refractivity contribution in [3.63, 3.8) is 0 Å². The second-order valence-corrected chi connectivity index (χ2v) is 5.81. The minimum absolute atomic E-state index is 0.144. The maximum Gasteiger partial charge on any atom is 0.241 e. The highest BCUT2D eigenvalue weighted by atomic mass is 16.5. The zero-order valence-corrected chi connectivity index (χ0v) is 14.5. The topological polar surface area (TPSA) is 66.0 Å². The number of rotatable bonds is 7. The summed E-state index contributed by atoms with van der Waals surface area (Å²) in [5, 5.41) is 6.28. The van der Waals surface area contributed by atoms with Crippen molar-refractivity contribution in [1.29, 1.82) is 0 Å². The minimum atomic E-state index is 0.144. The highest BCUT2D eigenvalue weighted by Gasteiger charge is 2.16. The number of hydrogen-bond donors (Lipinski definition) is 2. The Balaban J connectivity index is 1.57. The molecule has 1 aromatic carbocycles. The van der Waals surface area contributed by atoms with E-state index in [0.717, 1.165) is 44.6 Å². The summed E-state index contributed by atoms with van der Waals surface area (Å²) in [6, 6.07) is 9.77. The smallest absolute Gasteiger partial charge is 0.241 e. The van der Waals surface area contributed by atoms with Gasteiger partial charge in [-0.3, -0.25) is 9.79 Å². The Hall–Kier alpha value is -2.24. The number of nitrogens with one attached hydrogen (secondary N) is 2. The van der Waals surface area contributed by atoms with Gasteiger partial charge in [0, 0.05) is 26.7 Å². The van der Waals surface area contributed by atoms with Gasteiger partial charge in [-0.1, -0.05) is 18.2 Å². The van der Waals surface area contributed by atoms with Gasteiger partial charge < -0.3 is 20.3 Å². The van der Waals surface area contributed by atoms with Gasteiger partial charge in [0.25, 0.3) is 0 Å². The summed E-state index contributed by atoms with van der Waals surface area (Å²) >= 11 is 0. The third-order valence-corrected chi connectivity index (χ3v) is 3.96. The summed E-state index contributed by atoms with van der Waals surface area (Å²) in [7, 11) is 1.71. The van der Waals surface area contributed by atoms with E-state index in [9.17, 15) is 4.79 Å². The fourth-order valence-corrected chi connectivity index (χ4v) is 2.62. The number of para-hydroxylation sites is 1. The van der Waals surface area contributed by atoms with Gasteiger partial charge >= 0.3 is 0 Å². The van der Waals surface area contributed by atoms with E-state index in [0.29, 0.717) is 19.1 Å². The van der Waals surface area contributed by atoms with E-state index in [-0.39, 0.29) is 5.91 Å². The Morgan fingerprint density at radius 1 is 1.17 bits per heavy atom. The van der Waals surface area contributed by atoms with Crippen molar-refractivity contribution in [2.45, 2.75) is 25.7 Å². The van der Waals surface area contributed by atoms with Crippen LogP contribution >= 0.6 is 0 Å². The van der Waals surface area contributed by atoms with E-state index >= 15 is 0 Å². The summed E-state index contributed by atoms with van der Waals surface area (Å²) in [6.07, 6.45) is 4.31. The quantitative estimate of drug-likeness (QED) is 0.452. The van der Waals surface area contributed by atoms with Crippen LogP contribution in [-0.2, 0) is 4.79 Å². The number of piperidine rings is 1. The van der Waals surface area contributed by atoms with Crippen LogP contribution in [0.4, 0.5) is 0 Å². The number of benzene rings is 1. The largest absolute Gasteiger partial charge is 0.494 e. The first-order valence-electron chi connectivity index (χ1n) is 8.70. The Bertz CT molecular complexity index is 513. The van der Waals surface area contributed by atoms with Crippen LogP contribution in [0, 0.1) is 0 Å². The number of amides is 1. The number of nitrogens with zero attached hydrogens (tertiary/aromatic N) is 2. The molecule has 24 heavy (non-hydrogen) atoms. The molecule has 0 aromatic heterocycles. The van der Waals surface area contributed by atoms with Crippen LogP contribution in [0.25, 0.3) is 0 Å². The predicted octanol–water partition coefficient (Wildman–Crippen LogP) is 1.63. The van der Waals surface area contributed by atoms with Gasteiger partial charge in [-0.25, -0.2) is 0 Å². The van der Waals surface area contributed by atoms with Crippen LogP contribution in [0.3, 0.4) is 0 Å². The summed E-state index contributed by atoms with van der Waals surface area (Å²) in [5.74, 6) is 1.68. The first-order chi connectivity index (χ1) is 11.8. The van der Waals surface area contributed by atoms with Gasteiger partial charge in [0.15, 0.2) is 5.96 Å². The number of aliphatic imine (C=N–C) groups is 1. The Morgan fingerprint density at radius 2 is 1.92 bits per heavy atom. The lowest BCUT2D eigenvalue weighted by Crippen LogP contribution is -2.46. The number of carbonyl (C=O) groups excluding carboxylic acids is 1. The number of ether oxygens (including phenoxy) is 1. The molecule has 0 unspecified atom stereocenters. The van der Waals surface area contributed by atoms with Gasteiger partial charge in [-0.2, -0.15) is 0 Å². The molecule has 1 saturated heterocycles. The molecule has 0 saturated carbocycles. The summed E-state index contributed by atoms with van der Waals surface area (Å²) in [5.41, 5.74) is 0.